The van der Waals surface area contributed by atoms with Gasteiger partial charge >= 0.3 is 0 Å². The Hall–Kier alpha value is -0.900. The molecule has 0 bridgehead atoms. The fourth-order valence-corrected chi connectivity index (χ4v) is 3.02. The number of ketones is 1. The summed E-state index contributed by atoms with van der Waals surface area (Å²) in [7, 11) is 0. The Morgan fingerprint density at radius 3 is 2.53 bits per heavy atom. The first-order chi connectivity index (χ1) is 8.09. The van der Waals surface area contributed by atoms with Crippen LogP contribution in [-0.2, 0) is 0 Å². The summed E-state index contributed by atoms with van der Waals surface area (Å²) in [5.74, 6) is -0.273. The Balaban J connectivity index is 2.30. The second-order valence-electron chi connectivity index (χ2n) is 3.60. The molecule has 5 heteroatoms. The number of aromatic nitrogens is 1. The molecule has 2 rings (SSSR count). The highest BCUT2D eigenvalue weighted by atomic mass is 35.5. The average molecular weight is 286 g/mol. The van der Waals surface area contributed by atoms with Crippen LogP contribution in [0.4, 0.5) is 0 Å². The van der Waals surface area contributed by atoms with Crippen LogP contribution >= 0.6 is 34.5 Å². The van der Waals surface area contributed by atoms with Crippen molar-refractivity contribution in [3.63, 3.8) is 0 Å². The summed E-state index contributed by atoms with van der Waals surface area (Å²) in [6, 6.07) is 5.27. The molecule has 0 spiro atoms. The molecule has 2 nitrogen and oxygen atoms in total. The molecule has 0 radical (unpaired) electrons. The predicted molar refractivity (Wildman–Crippen MR) is 71.3 cm³/mol. The van der Waals surface area contributed by atoms with Crippen molar-refractivity contribution < 1.29 is 4.79 Å². The number of hydrogen-bond donors (Lipinski definition) is 0. The molecule has 1 atom stereocenters. The zero-order valence-electron chi connectivity index (χ0n) is 8.98. The molecule has 0 aliphatic heterocycles. The predicted octanol–water partition coefficient (Wildman–Crippen LogP) is 4.44. The number of halogens is 2. The van der Waals surface area contributed by atoms with E-state index in [2.05, 4.69) is 4.98 Å². The van der Waals surface area contributed by atoms with Crippen LogP contribution in [0.3, 0.4) is 0 Å². The van der Waals surface area contributed by atoms with E-state index in [0.29, 0.717) is 14.2 Å². The molecule has 2 heterocycles. The molecule has 2 aromatic heterocycles. The Morgan fingerprint density at radius 1 is 1.35 bits per heavy atom. The van der Waals surface area contributed by atoms with E-state index in [0.717, 1.165) is 5.56 Å². The Bertz CT molecular complexity index is 539. The minimum absolute atomic E-state index is 0.0237. The maximum absolute atomic E-state index is 12.2. The van der Waals surface area contributed by atoms with Gasteiger partial charge in [-0.2, -0.15) is 0 Å². The third kappa shape index (κ3) is 2.68. The molecule has 17 heavy (non-hydrogen) atoms. The van der Waals surface area contributed by atoms with Gasteiger partial charge in [-0.05, 0) is 23.8 Å². The fourth-order valence-electron chi connectivity index (χ4n) is 1.55. The standard InChI is InChI=1S/C12H9Cl2NOS/c1-7(8-2-4-15-5-3-8)11(16)9-6-10(13)17-12(9)14/h2-7H,1H3. The van der Waals surface area contributed by atoms with Crippen LogP contribution in [0.5, 0.6) is 0 Å². The van der Waals surface area contributed by atoms with E-state index in [1.807, 2.05) is 19.1 Å². The van der Waals surface area contributed by atoms with Crippen molar-refractivity contribution in [2.45, 2.75) is 12.8 Å². The van der Waals surface area contributed by atoms with E-state index in [1.54, 1.807) is 18.5 Å². The second-order valence-corrected chi connectivity index (χ2v) is 5.89. The quantitative estimate of drug-likeness (QED) is 0.781. The van der Waals surface area contributed by atoms with Crippen LogP contribution in [0.2, 0.25) is 8.67 Å². The van der Waals surface area contributed by atoms with Crippen molar-refractivity contribution >= 4 is 40.3 Å². The maximum Gasteiger partial charge on any atom is 0.172 e. The fraction of sp³-hybridized carbons (Fsp3) is 0.167. The minimum atomic E-state index is -0.249. The summed E-state index contributed by atoms with van der Waals surface area (Å²) in [5.41, 5.74) is 1.41. The van der Waals surface area contributed by atoms with Gasteiger partial charge in [0.2, 0.25) is 0 Å². The number of carbonyl (C=O) groups is 1. The lowest BCUT2D eigenvalue weighted by molar-refractivity contribution is 0.0966. The van der Waals surface area contributed by atoms with E-state index >= 15 is 0 Å². The molecule has 0 aliphatic carbocycles. The number of pyridine rings is 1. The van der Waals surface area contributed by atoms with Gasteiger partial charge in [-0.1, -0.05) is 30.1 Å². The van der Waals surface area contributed by atoms with Gasteiger partial charge < -0.3 is 0 Å². The number of Topliss-reactive ketones (excluding diaryl/α,β-unsaturated/α-hetero) is 1. The smallest absolute Gasteiger partial charge is 0.172 e. The highest BCUT2D eigenvalue weighted by Crippen LogP contribution is 2.34. The van der Waals surface area contributed by atoms with Crippen molar-refractivity contribution in [2.24, 2.45) is 0 Å². The van der Waals surface area contributed by atoms with Crippen LogP contribution in [0.1, 0.15) is 28.8 Å². The van der Waals surface area contributed by atoms with Crippen LogP contribution in [-0.4, -0.2) is 10.8 Å². The zero-order chi connectivity index (χ0) is 12.4. The highest BCUT2D eigenvalue weighted by molar-refractivity contribution is 7.20. The average Bonchev–Trinajstić information content (AvgIpc) is 2.68. The lowest BCUT2D eigenvalue weighted by Gasteiger charge is -2.09. The monoisotopic (exact) mass is 285 g/mol. The van der Waals surface area contributed by atoms with Crippen molar-refractivity contribution in [3.05, 3.63) is 50.4 Å². The van der Waals surface area contributed by atoms with Crippen molar-refractivity contribution in [1.29, 1.82) is 0 Å². The second kappa shape index (κ2) is 5.17. The summed E-state index contributed by atoms with van der Waals surface area (Å²) in [5, 5.41) is 0. The van der Waals surface area contributed by atoms with E-state index in [9.17, 15) is 4.79 Å². The van der Waals surface area contributed by atoms with E-state index in [-0.39, 0.29) is 11.7 Å². The molecule has 0 saturated heterocycles. The van der Waals surface area contributed by atoms with Crippen molar-refractivity contribution in [1.82, 2.24) is 4.98 Å². The number of nitrogens with zero attached hydrogens (tertiary/aromatic N) is 1. The number of hydrogen-bond acceptors (Lipinski definition) is 3. The molecule has 0 saturated carbocycles. The molecular weight excluding hydrogens is 277 g/mol. The molecule has 0 fully saturated rings. The first kappa shape index (κ1) is 12.6. The van der Waals surface area contributed by atoms with Gasteiger partial charge in [-0.15, -0.1) is 11.3 Å². The molecule has 0 N–H and O–H groups in total. The van der Waals surface area contributed by atoms with Gasteiger partial charge in [0.1, 0.15) is 4.34 Å². The lowest BCUT2D eigenvalue weighted by Crippen LogP contribution is -2.09. The van der Waals surface area contributed by atoms with Crippen LogP contribution in [0.15, 0.2) is 30.6 Å². The molecule has 0 amide bonds. The molecule has 0 aliphatic rings. The first-order valence-electron chi connectivity index (χ1n) is 4.98. The lowest BCUT2D eigenvalue weighted by atomic mass is 9.94. The van der Waals surface area contributed by atoms with Gasteiger partial charge in [0.25, 0.3) is 0 Å². The molecular formula is C12H9Cl2NOS. The first-order valence-corrected chi connectivity index (χ1v) is 6.56. The van der Waals surface area contributed by atoms with Crippen LogP contribution < -0.4 is 0 Å². The topological polar surface area (TPSA) is 30.0 Å². The normalized spacial score (nSPS) is 12.4. The van der Waals surface area contributed by atoms with Gasteiger partial charge in [0.15, 0.2) is 5.78 Å². The molecule has 0 aromatic carbocycles. The maximum atomic E-state index is 12.2. The number of rotatable bonds is 3. The number of thiophene rings is 1. The van der Waals surface area contributed by atoms with E-state index in [1.165, 1.54) is 11.3 Å². The van der Waals surface area contributed by atoms with Gasteiger partial charge in [0.05, 0.1) is 4.34 Å². The van der Waals surface area contributed by atoms with Gasteiger partial charge in [-0.25, -0.2) is 0 Å². The van der Waals surface area contributed by atoms with E-state index < -0.39 is 0 Å². The van der Waals surface area contributed by atoms with Gasteiger partial charge in [-0.3, -0.25) is 9.78 Å². The molecule has 1 unspecified atom stereocenters. The van der Waals surface area contributed by atoms with Crippen molar-refractivity contribution in [2.75, 3.05) is 0 Å². The number of carbonyl (C=O) groups excluding carboxylic acids is 1. The van der Waals surface area contributed by atoms with Crippen LogP contribution in [0.25, 0.3) is 0 Å². The summed E-state index contributed by atoms with van der Waals surface area (Å²) in [6.07, 6.45) is 3.34. The summed E-state index contributed by atoms with van der Waals surface area (Å²) >= 11 is 13.0. The van der Waals surface area contributed by atoms with Crippen molar-refractivity contribution in [3.8, 4) is 0 Å². The summed E-state index contributed by atoms with van der Waals surface area (Å²) < 4.78 is 0.973. The summed E-state index contributed by atoms with van der Waals surface area (Å²) in [4.78, 5) is 16.1. The van der Waals surface area contributed by atoms with Crippen LogP contribution in [0, 0.1) is 0 Å². The third-order valence-corrected chi connectivity index (χ3v) is 4.01. The minimum Gasteiger partial charge on any atom is -0.293 e. The summed E-state index contributed by atoms with van der Waals surface area (Å²) in [6.45, 7) is 1.85. The Kier molecular flexibility index (Phi) is 3.82. The molecule has 2 aromatic rings. The largest absolute Gasteiger partial charge is 0.293 e. The van der Waals surface area contributed by atoms with Gasteiger partial charge in [0, 0.05) is 23.9 Å². The Morgan fingerprint density at radius 2 is 2.00 bits per heavy atom. The third-order valence-electron chi connectivity index (χ3n) is 2.52. The highest BCUT2D eigenvalue weighted by Gasteiger charge is 2.21. The Labute approximate surface area is 113 Å². The SMILES string of the molecule is CC(C(=O)c1cc(Cl)sc1Cl)c1ccncc1. The van der Waals surface area contributed by atoms with E-state index in [4.69, 9.17) is 23.2 Å². The zero-order valence-corrected chi connectivity index (χ0v) is 11.3. The molecule has 88 valence electrons.